The molecule has 0 aliphatic carbocycles. The molecule has 2 saturated heterocycles. The van der Waals surface area contributed by atoms with Crippen LogP contribution in [0.1, 0.15) is 5.56 Å². The summed E-state index contributed by atoms with van der Waals surface area (Å²) in [6.45, 7) is 0.00852. The number of rotatable bonds is 2. The highest BCUT2D eigenvalue weighted by molar-refractivity contribution is 6.02. The third-order valence-corrected chi connectivity index (χ3v) is 4.87. The Hall–Kier alpha value is -2.35. The van der Waals surface area contributed by atoms with Crippen LogP contribution in [0.2, 0.25) is 0 Å². The van der Waals surface area contributed by atoms with Crippen molar-refractivity contribution in [2.24, 2.45) is 11.8 Å². The van der Waals surface area contributed by atoms with Crippen molar-refractivity contribution < 1.29 is 32.6 Å². The number of hydrogen-bond donors (Lipinski definition) is 1. The van der Waals surface area contributed by atoms with Crippen LogP contribution in [0.4, 0.5) is 18.9 Å². The second-order valence-electron chi connectivity index (χ2n) is 6.21. The Kier molecular flexibility index (Phi) is 2.91. The van der Waals surface area contributed by atoms with Crippen molar-refractivity contribution in [1.29, 1.82) is 0 Å². The zero-order valence-corrected chi connectivity index (χ0v) is 12.2. The summed E-state index contributed by atoms with van der Waals surface area (Å²) in [5, 5.41) is 9.37. The second-order valence-corrected chi connectivity index (χ2v) is 6.21. The van der Waals surface area contributed by atoms with Gasteiger partial charge in [0.2, 0.25) is 5.91 Å². The number of aliphatic carboxylic acids is 1. The predicted octanol–water partition coefficient (Wildman–Crippen LogP) is 2.08. The number of amides is 1. The molecule has 3 heterocycles. The Morgan fingerprint density at radius 2 is 2.12 bits per heavy atom. The highest BCUT2D eigenvalue weighted by Gasteiger charge is 2.67. The maximum atomic E-state index is 12.9. The molecule has 0 radical (unpaired) electrons. The van der Waals surface area contributed by atoms with E-state index in [0.29, 0.717) is 0 Å². The van der Waals surface area contributed by atoms with E-state index in [4.69, 9.17) is 4.74 Å². The lowest BCUT2D eigenvalue weighted by atomic mass is 9.77. The molecule has 5 nitrogen and oxygen atoms in total. The van der Waals surface area contributed by atoms with Crippen molar-refractivity contribution in [1.82, 2.24) is 0 Å². The molecule has 1 aromatic rings. The Morgan fingerprint density at radius 1 is 1.38 bits per heavy atom. The molecule has 1 spiro atoms. The SMILES string of the molecule is O=C(O)[C@H]1[C@@H]2C=C[C@]3(CN(c4cccc(C(F)(F)F)c4)C(=O)[C@H]13)O2. The summed E-state index contributed by atoms with van der Waals surface area (Å²) >= 11 is 0. The molecule has 4 atom stereocenters. The lowest BCUT2D eigenvalue weighted by Crippen LogP contribution is -2.39. The van der Waals surface area contributed by atoms with Crippen molar-refractivity contribution in [3.8, 4) is 0 Å². The second kappa shape index (κ2) is 4.60. The van der Waals surface area contributed by atoms with Crippen LogP contribution in [0.25, 0.3) is 0 Å². The minimum absolute atomic E-state index is 0.00852. The molecule has 0 aromatic heterocycles. The average molecular weight is 339 g/mol. The topological polar surface area (TPSA) is 66.8 Å². The lowest BCUT2D eigenvalue weighted by molar-refractivity contribution is -0.146. The van der Waals surface area contributed by atoms with Gasteiger partial charge in [0, 0.05) is 5.69 Å². The Balaban J connectivity index is 1.72. The van der Waals surface area contributed by atoms with Gasteiger partial charge < -0.3 is 14.7 Å². The first-order valence-corrected chi connectivity index (χ1v) is 7.32. The van der Waals surface area contributed by atoms with E-state index in [9.17, 15) is 27.9 Å². The number of anilines is 1. The summed E-state index contributed by atoms with van der Waals surface area (Å²) in [6.07, 6.45) is -1.92. The molecule has 1 N–H and O–H groups in total. The molecule has 126 valence electrons. The summed E-state index contributed by atoms with van der Waals surface area (Å²) in [5.41, 5.74) is -1.85. The number of carbonyl (C=O) groups excluding carboxylic acids is 1. The molecule has 0 unspecified atom stereocenters. The fourth-order valence-electron chi connectivity index (χ4n) is 3.85. The monoisotopic (exact) mass is 339 g/mol. The van der Waals surface area contributed by atoms with Crippen LogP contribution >= 0.6 is 0 Å². The van der Waals surface area contributed by atoms with Gasteiger partial charge in [-0.15, -0.1) is 0 Å². The normalized spacial score (nSPS) is 34.0. The van der Waals surface area contributed by atoms with E-state index in [0.717, 1.165) is 12.1 Å². The highest BCUT2D eigenvalue weighted by Crippen LogP contribution is 2.52. The number of fused-ring (bicyclic) bond motifs is 1. The zero-order chi connectivity index (χ0) is 17.3. The molecule has 3 aliphatic heterocycles. The van der Waals surface area contributed by atoms with Crippen LogP contribution in [0, 0.1) is 11.8 Å². The fraction of sp³-hybridized carbons (Fsp3) is 0.375. The fourth-order valence-corrected chi connectivity index (χ4v) is 3.85. The van der Waals surface area contributed by atoms with Crippen LogP contribution in [-0.2, 0) is 20.5 Å². The summed E-state index contributed by atoms with van der Waals surface area (Å²) in [5.74, 6) is -3.60. The smallest absolute Gasteiger partial charge is 0.416 e. The highest BCUT2D eigenvalue weighted by atomic mass is 19.4. The number of halogens is 3. The summed E-state index contributed by atoms with van der Waals surface area (Å²) in [6, 6.07) is 4.43. The minimum atomic E-state index is -4.52. The maximum absolute atomic E-state index is 12.9. The molecule has 24 heavy (non-hydrogen) atoms. The van der Waals surface area contributed by atoms with Crippen LogP contribution < -0.4 is 4.90 Å². The van der Waals surface area contributed by atoms with Gasteiger partial charge in [0.25, 0.3) is 0 Å². The molecule has 2 fully saturated rings. The molecule has 3 aliphatic rings. The first-order valence-electron chi connectivity index (χ1n) is 7.32. The molecular weight excluding hydrogens is 327 g/mol. The number of carbonyl (C=O) groups is 2. The number of benzene rings is 1. The first kappa shape index (κ1) is 15.2. The summed E-state index contributed by atoms with van der Waals surface area (Å²) < 4.78 is 44.3. The van der Waals surface area contributed by atoms with E-state index in [2.05, 4.69) is 0 Å². The number of carboxylic acid groups (broad SMARTS) is 1. The van der Waals surface area contributed by atoms with Gasteiger partial charge in [0.15, 0.2) is 0 Å². The van der Waals surface area contributed by atoms with Gasteiger partial charge in [-0.3, -0.25) is 9.59 Å². The number of hydrogen-bond acceptors (Lipinski definition) is 3. The maximum Gasteiger partial charge on any atom is 0.416 e. The number of carboxylic acids is 1. The van der Waals surface area contributed by atoms with E-state index in [-0.39, 0.29) is 12.2 Å². The van der Waals surface area contributed by atoms with E-state index in [1.54, 1.807) is 12.2 Å². The number of ether oxygens (including phenoxy) is 1. The lowest BCUT2D eigenvalue weighted by Gasteiger charge is -2.22. The Labute approximate surface area is 134 Å². The molecular formula is C16H12F3NO4. The van der Waals surface area contributed by atoms with Gasteiger partial charge in [-0.25, -0.2) is 0 Å². The van der Waals surface area contributed by atoms with Gasteiger partial charge in [-0.1, -0.05) is 18.2 Å². The van der Waals surface area contributed by atoms with Crippen molar-refractivity contribution in [2.75, 3.05) is 11.4 Å². The number of nitrogens with zero attached hydrogens (tertiary/aromatic N) is 1. The summed E-state index contributed by atoms with van der Waals surface area (Å²) in [4.78, 5) is 25.4. The Morgan fingerprint density at radius 3 is 2.79 bits per heavy atom. The first-order chi connectivity index (χ1) is 11.2. The standard InChI is InChI=1S/C16H12F3NO4/c17-16(18,19)8-2-1-3-9(6-8)20-7-15-5-4-10(24-15)11(14(22)23)12(15)13(20)21/h1-6,10-12H,7H2,(H,22,23)/t10-,11-,12-,15+/m0/s1. The van der Waals surface area contributed by atoms with Crippen LogP contribution in [0.3, 0.4) is 0 Å². The minimum Gasteiger partial charge on any atom is -0.481 e. The zero-order valence-electron chi connectivity index (χ0n) is 12.2. The Bertz CT molecular complexity index is 775. The van der Waals surface area contributed by atoms with E-state index < -0.39 is 47.2 Å². The molecule has 2 bridgehead atoms. The molecule has 0 saturated carbocycles. The van der Waals surface area contributed by atoms with Crippen LogP contribution in [0.5, 0.6) is 0 Å². The van der Waals surface area contributed by atoms with Gasteiger partial charge in [-0.05, 0) is 18.2 Å². The molecule has 4 rings (SSSR count). The van der Waals surface area contributed by atoms with E-state index >= 15 is 0 Å². The number of alkyl halides is 3. The van der Waals surface area contributed by atoms with Crippen LogP contribution in [-0.4, -0.2) is 35.2 Å². The van der Waals surface area contributed by atoms with Crippen molar-refractivity contribution >= 4 is 17.6 Å². The van der Waals surface area contributed by atoms with Gasteiger partial charge in [0.05, 0.1) is 24.1 Å². The summed E-state index contributed by atoms with van der Waals surface area (Å²) in [7, 11) is 0. The largest absolute Gasteiger partial charge is 0.481 e. The predicted molar refractivity (Wildman–Crippen MR) is 75.2 cm³/mol. The molecule has 1 aromatic carbocycles. The average Bonchev–Trinajstić information content (AvgIpc) is 3.15. The molecule has 1 amide bonds. The molecule has 8 heteroatoms. The van der Waals surface area contributed by atoms with Crippen LogP contribution in [0.15, 0.2) is 36.4 Å². The van der Waals surface area contributed by atoms with Gasteiger partial charge in [-0.2, -0.15) is 13.2 Å². The van der Waals surface area contributed by atoms with Gasteiger partial charge in [0.1, 0.15) is 11.5 Å². The third-order valence-electron chi connectivity index (χ3n) is 4.87. The van der Waals surface area contributed by atoms with Crippen molar-refractivity contribution in [3.63, 3.8) is 0 Å². The van der Waals surface area contributed by atoms with Gasteiger partial charge >= 0.3 is 12.1 Å². The van der Waals surface area contributed by atoms with E-state index in [1.807, 2.05) is 0 Å². The third kappa shape index (κ3) is 1.92. The van der Waals surface area contributed by atoms with Crippen molar-refractivity contribution in [3.05, 3.63) is 42.0 Å². The van der Waals surface area contributed by atoms with E-state index in [1.165, 1.54) is 17.0 Å². The quantitative estimate of drug-likeness (QED) is 0.838. The van der Waals surface area contributed by atoms with Crippen molar-refractivity contribution in [2.45, 2.75) is 17.9 Å².